The van der Waals surface area contributed by atoms with Crippen LogP contribution < -0.4 is 5.32 Å². The van der Waals surface area contributed by atoms with Crippen LogP contribution in [0.25, 0.3) is 0 Å². The molecule has 1 aromatic heterocycles. The van der Waals surface area contributed by atoms with E-state index in [1.165, 1.54) is 6.42 Å². The second-order valence-corrected chi connectivity index (χ2v) is 6.88. The van der Waals surface area contributed by atoms with E-state index in [0.717, 1.165) is 36.0 Å². The average Bonchev–Trinajstić information content (AvgIpc) is 3.07. The van der Waals surface area contributed by atoms with Gasteiger partial charge in [-0.3, -0.25) is 9.59 Å². The zero-order chi connectivity index (χ0) is 16.9. The van der Waals surface area contributed by atoms with Crippen molar-refractivity contribution < 1.29 is 9.59 Å². The van der Waals surface area contributed by atoms with Gasteiger partial charge in [-0.05, 0) is 59.0 Å². The molecule has 0 radical (unpaired) electrons. The molecule has 0 unspecified atom stereocenters. The third-order valence-electron chi connectivity index (χ3n) is 4.19. The smallest absolute Gasteiger partial charge is 0.267 e. The number of H-pyrrole nitrogens is 1. The average molecular weight is 390 g/mol. The number of carbonyl (C=O) groups excluding carboxylic acids is 2. The molecule has 0 spiro atoms. The summed E-state index contributed by atoms with van der Waals surface area (Å²) in [6, 6.07) is 9.19. The first-order valence-corrected chi connectivity index (χ1v) is 8.93. The second-order valence-electron chi connectivity index (χ2n) is 5.96. The molecule has 0 atom stereocenters. The number of amides is 2. The summed E-state index contributed by atoms with van der Waals surface area (Å²) in [6.07, 6.45) is 5.10. The number of benzene rings is 1. The number of nitrogens with zero attached hydrogens (tertiary/aromatic N) is 1. The SMILES string of the molecule is O=C(NCc1ccc(C(=O)N2CCCCC2)cc1)c1cc(Br)c[nH]1. The van der Waals surface area contributed by atoms with Crippen molar-refractivity contribution in [3.8, 4) is 0 Å². The third-order valence-corrected chi connectivity index (χ3v) is 4.65. The van der Waals surface area contributed by atoms with Crippen LogP contribution in [0, 0.1) is 0 Å². The van der Waals surface area contributed by atoms with Crippen molar-refractivity contribution in [3.05, 3.63) is 57.8 Å². The minimum Gasteiger partial charge on any atom is -0.356 e. The predicted molar refractivity (Wildman–Crippen MR) is 95.9 cm³/mol. The summed E-state index contributed by atoms with van der Waals surface area (Å²) in [5.74, 6) is -0.0595. The Morgan fingerprint density at radius 1 is 1.12 bits per heavy atom. The number of rotatable bonds is 4. The van der Waals surface area contributed by atoms with Gasteiger partial charge in [-0.25, -0.2) is 0 Å². The molecule has 1 fully saturated rings. The maximum Gasteiger partial charge on any atom is 0.267 e. The molecule has 126 valence electrons. The Morgan fingerprint density at radius 3 is 2.46 bits per heavy atom. The van der Waals surface area contributed by atoms with Crippen molar-refractivity contribution in [2.24, 2.45) is 0 Å². The highest BCUT2D eigenvalue weighted by Gasteiger charge is 2.17. The van der Waals surface area contributed by atoms with Gasteiger partial charge in [-0.2, -0.15) is 0 Å². The molecule has 2 heterocycles. The Morgan fingerprint density at radius 2 is 1.83 bits per heavy atom. The van der Waals surface area contributed by atoms with Crippen LogP contribution in [0.15, 0.2) is 41.0 Å². The molecule has 0 bridgehead atoms. The number of halogens is 1. The maximum atomic E-state index is 12.4. The monoisotopic (exact) mass is 389 g/mol. The van der Waals surface area contributed by atoms with E-state index in [2.05, 4.69) is 26.2 Å². The fourth-order valence-electron chi connectivity index (χ4n) is 2.82. The molecular weight excluding hydrogens is 370 g/mol. The van der Waals surface area contributed by atoms with E-state index in [0.29, 0.717) is 17.8 Å². The number of hydrogen-bond donors (Lipinski definition) is 2. The number of hydrogen-bond acceptors (Lipinski definition) is 2. The van der Waals surface area contributed by atoms with Crippen LogP contribution in [0.1, 0.15) is 45.7 Å². The molecule has 24 heavy (non-hydrogen) atoms. The molecule has 2 N–H and O–H groups in total. The van der Waals surface area contributed by atoms with Gasteiger partial charge in [0, 0.05) is 35.9 Å². The lowest BCUT2D eigenvalue weighted by Gasteiger charge is -2.26. The zero-order valence-electron chi connectivity index (χ0n) is 13.3. The lowest BCUT2D eigenvalue weighted by atomic mass is 10.1. The Bertz CT molecular complexity index is 718. The van der Waals surface area contributed by atoms with Crippen molar-refractivity contribution in [1.29, 1.82) is 0 Å². The minimum atomic E-state index is -0.158. The summed E-state index contributed by atoms with van der Waals surface area (Å²) in [5, 5.41) is 2.85. The fourth-order valence-corrected chi connectivity index (χ4v) is 3.16. The summed E-state index contributed by atoms with van der Waals surface area (Å²) in [4.78, 5) is 29.2. The van der Waals surface area contributed by atoms with Crippen LogP contribution in [0.4, 0.5) is 0 Å². The third kappa shape index (κ3) is 4.06. The van der Waals surface area contributed by atoms with Crippen molar-refractivity contribution in [2.75, 3.05) is 13.1 Å². The first kappa shape index (κ1) is 16.8. The number of likely N-dealkylation sites (tertiary alicyclic amines) is 1. The quantitative estimate of drug-likeness (QED) is 0.841. The van der Waals surface area contributed by atoms with E-state index >= 15 is 0 Å². The summed E-state index contributed by atoms with van der Waals surface area (Å²) >= 11 is 3.30. The van der Waals surface area contributed by atoms with E-state index < -0.39 is 0 Å². The summed E-state index contributed by atoms with van der Waals surface area (Å²) < 4.78 is 0.841. The highest BCUT2D eigenvalue weighted by molar-refractivity contribution is 9.10. The van der Waals surface area contributed by atoms with E-state index in [1.54, 1.807) is 12.3 Å². The van der Waals surface area contributed by atoms with Gasteiger partial charge in [-0.1, -0.05) is 12.1 Å². The Hall–Kier alpha value is -2.08. The number of piperidine rings is 1. The van der Waals surface area contributed by atoms with Gasteiger partial charge in [0.15, 0.2) is 0 Å². The van der Waals surface area contributed by atoms with Gasteiger partial charge in [0.2, 0.25) is 0 Å². The largest absolute Gasteiger partial charge is 0.356 e. The summed E-state index contributed by atoms with van der Waals surface area (Å²) in [5.41, 5.74) is 2.18. The maximum absolute atomic E-state index is 12.4. The number of aromatic amines is 1. The lowest BCUT2D eigenvalue weighted by molar-refractivity contribution is 0.0724. The van der Waals surface area contributed by atoms with E-state index in [-0.39, 0.29) is 11.8 Å². The summed E-state index contributed by atoms with van der Waals surface area (Å²) in [7, 11) is 0. The first-order chi connectivity index (χ1) is 11.6. The molecule has 0 saturated carbocycles. The van der Waals surface area contributed by atoms with Gasteiger partial charge in [-0.15, -0.1) is 0 Å². The molecule has 1 aliphatic rings. The van der Waals surface area contributed by atoms with E-state index in [9.17, 15) is 9.59 Å². The van der Waals surface area contributed by atoms with Gasteiger partial charge in [0.1, 0.15) is 5.69 Å². The molecule has 6 heteroatoms. The molecule has 1 aliphatic heterocycles. The van der Waals surface area contributed by atoms with Gasteiger partial charge < -0.3 is 15.2 Å². The van der Waals surface area contributed by atoms with Crippen LogP contribution >= 0.6 is 15.9 Å². The Kier molecular flexibility index (Phi) is 5.35. The van der Waals surface area contributed by atoms with E-state index in [1.807, 2.05) is 29.2 Å². The molecule has 0 aliphatic carbocycles. The highest BCUT2D eigenvalue weighted by Crippen LogP contribution is 2.14. The van der Waals surface area contributed by atoms with Crippen LogP contribution in [-0.4, -0.2) is 34.8 Å². The Labute approximate surface area is 149 Å². The number of carbonyl (C=O) groups is 2. The van der Waals surface area contributed by atoms with Crippen LogP contribution in [-0.2, 0) is 6.54 Å². The summed E-state index contributed by atoms with van der Waals surface area (Å²) in [6.45, 7) is 2.12. The van der Waals surface area contributed by atoms with Crippen molar-refractivity contribution >= 4 is 27.7 Å². The molecule has 2 aromatic rings. The topological polar surface area (TPSA) is 65.2 Å². The van der Waals surface area contributed by atoms with Crippen molar-refractivity contribution in [1.82, 2.24) is 15.2 Å². The van der Waals surface area contributed by atoms with Gasteiger partial charge >= 0.3 is 0 Å². The van der Waals surface area contributed by atoms with Crippen LogP contribution in [0.2, 0.25) is 0 Å². The molecular formula is C18H20BrN3O2. The molecule has 3 rings (SSSR count). The highest BCUT2D eigenvalue weighted by atomic mass is 79.9. The lowest BCUT2D eigenvalue weighted by Crippen LogP contribution is -2.35. The predicted octanol–water partition coefficient (Wildman–Crippen LogP) is 3.33. The second kappa shape index (κ2) is 7.66. The normalized spacial score (nSPS) is 14.5. The van der Waals surface area contributed by atoms with Crippen LogP contribution in [0.5, 0.6) is 0 Å². The number of aromatic nitrogens is 1. The van der Waals surface area contributed by atoms with Crippen molar-refractivity contribution in [3.63, 3.8) is 0 Å². The molecule has 1 aromatic carbocycles. The molecule has 5 nitrogen and oxygen atoms in total. The first-order valence-electron chi connectivity index (χ1n) is 8.14. The van der Waals surface area contributed by atoms with E-state index in [4.69, 9.17) is 0 Å². The molecule has 1 saturated heterocycles. The van der Waals surface area contributed by atoms with Gasteiger partial charge in [0.05, 0.1) is 0 Å². The standard InChI is InChI=1S/C18H20BrN3O2/c19-15-10-16(20-12-15)17(23)21-11-13-4-6-14(7-5-13)18(24)22-8-2-1-3-9-22/h4-7,10,12,20H,1-3,8-9,11H2,(H,21,23). The number of nitrogens with one attached hydrogen (secondary N) is 2. The van der Waals surface area contributed by atoms with Crippen LogP contribution in [0.3, 0.4) is 0 Å². The minimum absolute atomic E-state index is 0.0986. The van der Waals surface area contributed by atoms with Gasteiger partial charge in [0.25, 0.3) is 11.8 Å². The fraction of sp³-hybridized carbons (Fsp3) is 0.333. The van der Waals surface area contributed by atoms with Crippen molar-refractivity contribution in [2.45, 2.75) is 25.8 Å². The Balaban J connectivity index is 1.56. The zero-order valence-corrected chi connectivity index (χ0v) is 14.9. The molecule has 2 amide bonds.